The molecule has 0 radical (unpaired) electrons. The summed E-state index contributed by atoms with van der Waals surface area (Å²) in [5.74, 6) is 0.827. The molecule has 0 unspecified atom stereocenters. The molecule has 0 saturated heterocycles. The van der Waals surface area contributed by atoms with Crippen molar-refractivity contribution in [2.24, 2.45) is 5.92 Å². The summed E-state index contributed by atoms with van der Waals surface area (Å²) >= 11 is 0. The average molecular weight is 313 g/mol. The van der Waals surface area contributed by atoms with Gasteiger partial charge in [0.25, 0.3) is 0 Å². The van der Waals surface area contributed by atoms with Gasteiger partial charge in [-0.2, -0.15) is 0 Å². The third-order valence-corrected chi connectivity index (χ3v) is 4.44. The molecule has 0 bridgehead atoms. The zero-order valence-corrected chi connectivity index (χ0v) is 14.7. The molecular formula is C20H27NO2. The Morgan fingerprint density at radius 3 is 2.22 bits per heavy atom. The first-order valence-electron chi connectivity index (χ1n) is 7.97. The Labute approximate surface area is 139 Å². The molecule has 0 spiro atoms. The van der Waals surface area contributed by atoms with Crippen LogP contribution in [-0.4, -0.2) is 37.8 Å². The van der Waals surface area contributed by atoms with Gasteiger partial charge in [-0.3, -0.25) is 0 Å². The standard InChI is InChI=1S/C20H27NO2/c1-15-8-6-7-9-19(15)20(22,16(2)14-21(3)4)17-10-12-18(23-5)13-11-17/h6-13,16,22H,14H2,1-5H3/t16-,20+/m1/s1. The molecule has 2 aromatic carbocycles. The molecule has 0 heterocycles. The third-order valence-electron chi connectivity index (χ3n) is 4.44. The summed E-state index contributed by atoms with van der Waals surface area (Å²) in [5.41, 5.74) is 1.90. The summed E-state index contributed by atoms with van der Waals surface area (Å²) in [6.45, 7) is 4.93. The van der Waals surface area contributed by atoms with Crippen LogP contribution in [0.25, 0.3) is 0 Å². The lowest BCUT2D eigenvalue weighted by Crippen LogP contribution is -2.40. The summed E-state index contributed by atoms with van der Waals surface area (Å²) in [6.07, 6.45) is 0. The van der Waals surface area contributed by atoms with Gasteiger partial charge in [0.2, 0.25) is 0 Å². The molecule has 0 aliphatic carbocycles. The predicted molar refractivity (Wildman–Crippen MR) is 94.9 cm³/mol. The summed E-state index contributed by atoms with van der Waals surface area (Å²) in [7, 11) is 5.71. The topological polar surface area (TPSA) is 32.7 Å². The number of benzene rings is 2. The molecule has 0 aromatic heterocycles. The minimum Gasteiger partial charge on any atom is -0.497 e. The van der Waals surface area contributed by atoms with Gasteiger partial charge in [0, 0.05) is 12.5 Å². The molecule has 2 rings (SSSR count). The Morgan fingerprint density at radius 1 is 1.09 bits per heavy atom. The molecule has 0 saturated carbocycles. The van der Waals surface area contributed by atoms with Gasteiger partial charge in [-0.15, -0.1) is 0 Å². The highest BCUT2D eigenvalue weighted by atomic mass is 16.5. The van der Waals surface area contributed by atoms with E-state index < -0.39 is 5.60 Å². The lowest BCUT2D eigenvalue weighted by Gasteiger charge is -2.37. The maximum Gasteiger partial charge on any atom is 0.119 e. The highest BCUT2D eigenvalue weighted by molar-refractivity contribution is 5.43. The van der Waals surface area contributed by atoms with E-state index >= 15 is 0 Å². The smallest absolute Gasteiger partial charge is 0.119 e. The van der Waals surface area contributed by atoms with Crippen molar-refractivity contribution in [3.8, 4) is 5.75 Å². The molecular weight excluding hydrogens is 286 g/mol. The van der Waals surface area contributed by atoms with Crippen molar-refractivity contribution in [2.75, 3.05) is 27.7 Å². The lowest BCUT2D eigenvalue weighted by atomic mass is 9.75. The molecule has 23 heavy (non-hydrogen) atoms. The van der Waals surface area contributed by atoms with Crippen LogP contribution in [0.15, 0.2) is 48.5 Å². The first-order valence-corrected chi connectivity index (χ1v) is 7.97. The van der Waals surface area contributed by atoms with E-state index in [1.54, 1.807) is 7.11 Å². The monoisotopic (exact) mass is 313 g/mol. The summed E-state index contributed by atoms with van der Waals surface area (Å²) in [5, 5.41) is 11.7. The van der Waals surface area contributed by atoms with Crippen LogP contribution < -0.4 is 4.74 Å². The van der Waals surface area contributed by atoms with Gasteiger partial charge in [-0.05, 0) is 49.8 Å². The van der Waals surface area contributed by atoms with Crippen LogP contribution in [0, 0.1) is 12.8 Å². The fourth-order valence-electron chi connectivity index (χ4n) is 3.23. The maximum absolute atomic E-state index is 11.7. The Hall–Kier alpha value is -1.84. The van der Waals surface area contributed by atoms with Crippen LogP contribution >= 0.6 is 0 Å². The van der Waals surface area contributed by atoms with Crippen LogP contribution in [0.2, 0.25) is 0 Å². The van der Waals surface area contributed by atoms with Gasteiger partial charge in [-0.25, -0.2) is 0 Å². The first kappa shape index (κ1) is 17.5. The summed E-state index contributed by atoms with van der Waals surface area (Å²) in [6, 6.07) is 15.8. The van der Waals surface area contributed by atoms with E-state index in [0.29, 0.717) is 0 Å². The molecule has 0 aliphatic heterocycles. The van der Waals surface area contributed by atoms with Crippen molar-refractivity contribution >= 4 is 0 Å². The summed E-state index contributed by atoms with van der Waals surface area (Å²) in [4.78, 5) is 2.11. The van der Waals surface area contributed by atoms with Crippen molar-refractivity contribution in [1.82, 2.24) is 4.90 Å². The average Bonchev–Trinajstić information content (AvgIpc) is 2.54. The number of aryl methyl sites for hydroxylation is 1. The Bertz CT molecular complexity index is 636. The fraction of sp³-hybridized carbons (Fsp3) is 0.400. The van der Waals surface area contributed by atoms with Crippen LogP contribution in [0.4, 0.5) is 0 Å². The summed E-state index contributed by atoms with van der Waals surface area (Å²) < 4.78 is 5.25. The largest absolute Gasteiger partial charge is 0.497 e. The van der Waals surface area contributed by atoms with Gasteiger partial charge in [0.05, 0.1) is 7.11 Å². The number of nitrogens with zero attached hydrogens (tertiary/aromatic N) is 1. The van der Waals surface area contributed by atoms with Gasteiger partial charge in [0.15, 0.2) is 0 Å². The zero-order chi connectivity index (χ0) is 17.0. The van der Waals surface area contributed by atoms with Gasteiger partial charge in [-0.1, -0.05) is 43.3 Å². The molecule has 0 fully saturated rings. The van der Waals surface area contributed by atoms with Crippen LogP contribution in [0.5, 0.6) is 5.75 Å². The second-order valence-corrected chi connectivity index (χ2v) is 6.47. The highest BCUT2D eigenvalue weighted by Gasteiger charge is 2.38. The van der Waals surface area contributed by atoms with Crippen molar-refractivity contribution in [3.05, 3.63) is 65.2 Å². The zero-order valence-electron chi connectivity index (χ0n) is 14.7. The van der Waals surface area contributed by atoms with E-state index in [9.17, 15) is 5.11 Å². The second kappa shape index (κ2) is 7.16. The molecule has 124 valence electrons. The maximum atomic E-state index is 11.7. The molecule has 0 aliphatic rings. The number of ether oxygens (including phenoxy) is 1. The van der Waals surface area contributed by atoms with Crippen molar-refractivity contribution in [1.29, 1.82) is 0 Å². The van der Waals surface area contributed by atoms with Gasteiger partial charge < -0.3 is 14.7 Å². The van der Waals surface area contributed by atoms with Crippen LogP contribution in [0.3, 0.4) is 0 Å². The van der Waals surface area contributed by atoms with Crippen molar-refractivity contribution in [2.45, 2.75) is 19.4 Å². The minimum atomic E-state index is -1.04. The molecule has 3 nitrogen and oxygen atoms in total. The fourth-order valence-corrected chi connectivity index (χ4v) is 3.23. The van der Waals surface area contributed by atoms with E-state index in [0.717, 1.165) is 29.0 Å². The van der Waals surface area contributed by atoms with Gasteiger partial charge >= 0.3 is 0 Å². The third kappa shape index (κ3) is 3.57. The SMILES string of the molecule is COc1ccc([C@](O)(c2ccccc2C)[C@H](C)CN(C)C)cc1. The normalized spacial score (nSPS) is 15.3. The number of hydrogen-bond donors (Lipinski definition) is 1. The molecule has 3 heteroatoms. The Balaban J connectivity index is 2.56. The van der Waals surface area contributed by atoms with E-state index in [2.05, 4.69) is 11.8 Å². The van der Waals surface area contributed by atoms with Gasteiger partial charge in [0.1, 0.15) is 11.4 Å². The number of methoxy groups -OCH3 is 1. The Morgan fingerprint density at radius 2 is 1.70 bits per heavy atom. The lowest BCUT2D eigenvalue weighted by molar-refractivity contribution is 0.0129. The quantitative estimate of drug-likeness (QED) is 0.887. The van der Waals surface area contributed by atoms with E-state index in [1.807, 2.05) is 69.6 Å². The highest BCUT2D eigenvalue weighted by Crippen LogP contribution is 2.39. The molecule has 1 N–H and O–H groups in total. The first-order chi connectivity index (χ1) is 10.9. The van der Waals surface area contributed by atoms with E-state index in [4.69, 9.17) is 4.74 Å². The van der Waals surface area contributed by atoms with Crippen molar-refractivity contribution < 1.29 is 9.84 Å². The predicted octanol–water partition coefficient (Wildman–Crippen LogP) is 3.44. The molecule has 2 atom stereocenters. The second-order valence-electron chi connectivity index (χ2n) is 6.47. The van der Waals surface area contributed by atoms with Crippen molar-refractivity contribution in [3.63, 3.8) is 0 Å². The van der Waals surface area contributed by atoms with E-state index in [1.165, 1.54) is 0 Å². The van der Waals surface area contributed by atoms with Crippen LogP contribution in [0.1, 0.15) is 23.6 Å². The Kier molecular flexibility index (Phi) is 5.45. The number of rotatable bonds is 6. The minimum absolute atomic E-state index is 0.0343. The number of aliphatic hydroxyl groups is 1. The molecule has 2 aromatic rings. The molecule has 0 amide bonds. The van der Waals surface area contributed by atoms with Crippen LogP contribution in [-0.2, 0) is 5.60 Å². The van der Waals surface area contributed by atoms with E-state index in [-0.39, 0.29) is 5.92 Å². The number of hydrogen-bond acceptors (Lipinski definition) is 3.